The molecule has 2 aliphatic rings. The first-order chi connectivity index (χ1) is 19.7. The van der Waals surface area contributed by atoms with Crippen molar-refractivity contribution in [3.63, 3.8) is 0 Å². The molecule has 3 aromatic rings. The van der Waals surface area contributed by atoms with Crippen LogP contribution < -0.4 is 19.3 Å². The third kappa shape index (κ3) is 6.98. The molecular weight excluding hydrogens is 754 g/mol. The zero-order valence-electron chi connectivity index (χ0n) is 24.8. The van der Waals surface area contributed by atoms with Crippen LogP contribution in [0.4, 0.5) is 11.4 Å². The molecule has 1 heterocycles. The Bertz CT molecular complexity index is 1370. The maximum absolute atomic E-state index is 13.8. The molecule has 0 spiro atoms. The van der Waals surface area contributed by atoms with Gasteiger partial charge in [0, 0.05) is 56.1 Å². The molecule has 1 unspecified atom stereocenters. The fraction of sp³-hybridized carbons (Fsp3) is 0.412. The van der Waals surface area contributed by atoms with E-state index in [1.54, 1.807) is 7.11 Å². The Morgan fingerprint density at radius 1 is 1.05 bits per heavy atom. The molecule has 5 rings (SSSR count). The van der Waals surface area contributed by atoms with Gasteiger partial charge < -0.3 is 24.4 Å². The van der Waals surface area contributed by atoms with Crippen molar-refractivity contribution in [3.8, 4) is 11.5 Å². The Labute approximate surface area is 272 Å². The molecule has 1 N–H and O–H groups in total. The number of ether oxygens (including phenoxy) is 2. The van der Waals surface area contributed by atoms with E-state index in [9.17, 15) is 14.7 Å². The molecule has 42 heavy (non-hydrogen) atoms. The molecule has 220 valence electrons. The Hall–Kier alpha value is -2.95. The van der Waals surface area contributed by atoms with Crippen molar-refractivity contribution in [1.29, 1.82) is 0 Å². The monoisotopic (exact) mass is 793 g/mol. The van der Waals surface area contributed by atoms with Crippen molar-refractivity contribution in [2.24, 2.45) is 11.8 Å². The van der Waals surface area contributed by atoms with Crippen molar-refractivity contribution in [3.05, 3.63) is 83.4 Å². The van der Waals surface area contributed by atoms with Crippen LogP contribution in [0.15, 0.2) is 60.7 Å². The Morgan fingerprint density at radius 2 is 1.71 bits per heavy atom. The minimum absolute atomic E-state index is 0. The van der Waals surface area contributed by atoms with E-state index in [0.29, 0.717) is 17.4 Å². The van der Waals surface area contributed by atoms with Crippen LogP contribution in [0, 0.1) is 49.0 Å². The number of carboxylic acids is 1. The van der Waals surface area contributed by atoms with Crippen LogP contribution in [0.25, 0.3) is 0 Å². The van der Waals surface area contributed by atoms with E-state index in [1.165, 1.54) is 0 Å². The van der Waals surface area contributed by atoms with Gasteiger partial charge in [-0.15, -0.1) is 5.56 Å². The van der Waals surface area contributed by atoms with Gasteiger partial charge in [0.15, 0.2) is 11.5 Å². The second-order valence-electron chi connectivity index (χ2n) is 11.5. The smallest absolute Gasteiger partial charge is 0.306 e. The average Bonchev–Trinajstić information content (AvgIpc) is 2.97. The number of aliphatic carboxylic acids is 1. The number of carbonyl (C=O) groups is 2. The maximum atomic E-state index is 13.8. The van der Waals surface area contributed by atoms with E-state index in [-0.39, 0.29) is 61.5 Å². The number of amides is 1. The van der Waals surface area contributed by atoms with E-state index in [0.717, 1.165) is 60.3 Å². The molecule has 0 bridgehead atoms. The predicted molar refractivity (Wildman–Crippen MR) is 160 cm³/mol. The van der Waals surface area contributed by atoms with E-state index < -0.39 is 5.97 Å². The van der Waals surface area contributed by atoms with Gasteiger partial charge in [-0.3, -0.25) is 9.59 Å². The molecule has 1 aliphatic heterocycles. The molecule has 1 atom stereocenters. The number of benzene rings is 3. The Kier molecular flexibility index (Phi) is 10.7. The van der Waals surface area contributed by atoms with Crippen LogP contribution in [0.2, 0.25) is 0 Å². The third-order valence-electron chi connectivity index (χ3n) is 8.31. The van der Waals surface area contributed by atoms with Gasteiger partial charge in [0.05, 0.1) is 31.6 Å². The van der Waals surface area contributed by atoms with E-state index in [2.05, 4.69) is 30.1 Å². The number of rotatable bonds is 9. The summed E-state index contributed by atoms with van der Waals surface area (Å²) in [6.45, 7) is 4.85. The number of hydrogen-bond acceptors (Lipinski definition) is 5. The summed E-state index contributed by atoms with van der Waals surface area (Å²) in [6.07, 6.45) is 3.61. The predicted octanol–water partition coefficient (Wildman–Crippen LogP) is 6.29. The largest absolute Gasteiger partial charge is 0.493 e. The van der Waals surface area contributed by atoms with E-state index in [1.807, 2.05) is 67.3 Å². The number of carbonyl (C=O) groups excluding carboxylic acids is 1. The van der Waals surface area contributed by atoms with Gasteiger partial charge in [0.25, 0.3) is 0 Å². The van der Waals surface area contributed by atoms with Gasteiger partial charge in [0.2, 0.25) is 5.91 Å². The summed E-state index contributed by atoms with van der Waals surface area (Å²) in [5, 5.41) is 9.30. The van der Waals surface area contributed by atoms with Crippen LogP contribution >= 0.6 is 0 Å². The van der Waals surface area contributed by atoms with Gasteiger partial charge >= 0.3 is 5.97 Å². The molecule has 0 saturated heterocycles. The van der Waals surface area contributed by atoms with Crippen LogP contribution in [0.5, 0.6) is 11.5 Å². The van der Waals surface area contributed by atoms with Crippen LogP contribution in [-0.4, -0.2) is 43.8 Å². The Morgan fingerprint density at radius 3 is 2.31 bits per heavy atom. The van der Waals surface area contributed by atoms with Crippen molar-refractivity contribution in [2.45, 2.75) is 58.1 Å². The second kappa shape index (κ2) is 14.0. The van der Waals surface area contributed by atoms with Crippen LogP contribution in [-0.2, 0) is 16.0 Å². The number of fused-ring (bicyclic) bond motifs is 1. The molecule has 0 aromatic heterocycles. The second-order valence-corrected chi connectivity index (χ2v) is 11.5. The summed E-state index contributed by atoms with van der Waals surface area (Å²) in [7, 11) is 3.70. The normalized spacial score (nSPS) is 20.0. The van der Waals surface area contributed by atoms with Gasteiger partial charge in [-0.1, -0.05) is 0 Å². The maximum Gasteiger partial charge on any atom is 0.306 e. The van der Waals surface area contributed by atoms with Gasteiger partial charge in [-0.05, 0) is 93.0 Å². The first-order valence-electron chi connectivity index (χ1n) is 14.4. The summed E-state index contributed by atoms with van der Waals surface area (Å²) in [4.78, 5) is 29.2. The van der Waals surface area contributed by atoms with Crippen LogP contribution in [0.1, 0.15) is 62.3 Å². The standard InChI is InChI=1S/C34H39N2O5.U/c1-22(2)41-31-20-29-26(18-30(31)40-4)19-32(37)36(33(29)24-8-6-5-7-9-24)28-16-14-27(15-17-28)35(3)21-23-10-12-25(13-11-23)34(38)39;/h6-9,14-18,20,22-23,25,33H,10-13,19,21H2,1-4H3,(H,38,39);/q-1;. The van der Waals surface area contributed by atoms with Crippen molar-refractivity contribution >= 4 is 23.3 Å². The SMILES string of the molecule is COc1cc2c(cc1OC(C)C)C(c1cc[c-]cc1)N(c1ccc(N(C)CC3CCC(C(=O)O)CC3)cc1)C(=O)C2.[U]. The average molecular weight is 794 g/mol. The fourth-order valence-corrected chi connectivity index (χ4v) is 6.22. The first kappa shape index (κ1) is 32.0. The number of hydrogen-bond donors (Lipinski definition) is 1. The van der Waals surface area contributed by atoms with Crippen molar-refractivity contribution in [1.82, 2.24) is 0 Å². The molecule has 1 saturated carbocycles. The minimum Gasteiger partial charge on any atom is -0.493 e. The van der Waals surface area contributed by atoms with E-state index >= 15 is 0 Å². The zero-order valence-corrected chi connectivity index (χ0v) is 29.0. The first-order valence-corrected chi connectivity index (χ1v) is 14.4. The summed E-state index contributed by atoms with van der Waals surface area (Å²) in [5.74, 6) is 0.921. The van der Waals surface area contributed by atoms with Gasteiger partial charge in [-0.2, -0.15) is 30.3 Å². The number of methoxy groups -OCH3 is 1. The molecule has 1 amide bonds. The fourth-order valence-electron chi connectivity index (χ4n) is 6.22. The number of nitrogens with zero attached hydrogens (tertiary/aromatic N) is 2. The minimum atomic E-state index is -0.669. The quantitative estimate of drug-likeness (QED) is 0.257. The van der Waals surface area contributed by atoms with Crippen molar-refractivity contribution in [2.75, 3.05) is 30.5 Å². The number of carboxylic acid groups (broad SMARTS) is 1. The Balaban J connectivity index is 0.00000405. The van der Waals surface area contributed by atoms with Crippen LogP contribution in [0.3, 0.4) is 0 Å². The number of anilines is 2. The van der Waals surface area contributed by atoms with Gasteiger partial charge in [0.1, 0.15) is 0 Å². The molecule has 3 aromatic carbocycles. The molecule has 1 aliphatic carbocycles. The molecular formula is C34H39N2O5U-. The summed E-state index contributed by atoms with van der Waals surface area (Å²) >= 11 is 0. The third-order valence-corrected chi connectivity index (χ3v) is 8.31. The molecule has 0 radical (unpaired) electrons. The molecule has 7 nitrogen and oxygen atoms in total. The zero-order chi connectivity index (χ0) is 29.1. The molecule has 8 heteroatoms. The summed E-state index contributed by atoms with van der Waals surface area (Å²) in [5.41, 5.74) is 4.86. The van der Waals surface area contributed by atoms with E-state index in [4.69, 9.17) is 9.47 Å². The summed E-state index contributed by atoms with van der Waals surface area (Å²) < 4.78 is 11.7. The van der Waals surface area contributed by atoms with Crippen molar-refractivity contribution < 1.29 is 55.3 Å². The topological polar surface area (TPSA) is 79.3 Å². The van der Waals surface area contributed by atoms with Gasteiger partial charge in [-0.25, -0.2) is 0 Å². The molecule has 1 fully saturated rings. The summed E-state index contributed by atoms with van der Waals surface area (Å²) in [6, 6.07) is 22.7.